The summed E-state index contributed by atoms with van der Waals surface area (Å²) in [6, 6.07) is 14.3. The summed E-state index contributed by atoms with van der Waals surface area (Å²) in [6.07, 6.45) is 3.14. The zero-order valence-electron chi connectivity index (χ0n) is 19.0. The Kier molecular flexibility index (Phi) is 7.84. The molecule has 0 bridgehead atoms. The molecule has 0 radical (unpaired) electrons. The number of halogens is 2. The van der Waals surface area contributed by atoms with E-state index in [4.69, 9.17) is 4.74 Å². The number of carbonyl (C=O) groups is 1. The van der Waals surface area contributed by atoms with Crippen LogP contribution in [-0.4, -0.2) is 53.1 Å². The van der Waals surface area contributed by atoms with Crippen LogP contribution in [0.25, 0.3) is 0 Å². The lowest BCUT2D eigenvalue weighted by atomic mass is 10.2. The van der Waals surface area contributed by atoms with Crippen molar-refractivity contribution in [2.75, 3.05) is 42.3 Å². The van der Waals surface area contributed by atoms with Crippen molar-refractivity contribution in [2.45, 2.75) is 12.5 Å². The van der Waals surface area contributed by atoms with Crippen LogP contribution in [0.5, 0.6) is 11.6 Å². The summed E-state index contributed by atoms with van der Waals surface area (Å²) in [6.45, 7) is 5.26. The number of aromatic nitrogens is 2. The molecule has 1 aromatic heterocycles. The van der Waals surface area contributed by atoms with E-state index in [1.165, 1.54) is 0 Å². The molecule has 0 saturated carbocycles. The number of ether oxygens (including phenoxy) is 1. The maximum absolute atomic E-state index is 14.3. The fourth-order valence-electron chi connectivity index (χ4n) is 3.71. The molecule has 1 aliphatic heterocycles. The number of likely N-dealkylation sites (tertiary alicyclic amines) is 1. The largest absolute Gasteiger partial charge is 0.436 e. The van der Waals surface area contributed by atoms with Crippen molar-refractivity contribution < 1.29 is 18.3 Å². The van der Waals surface area contributed by atoms with Crippen LogP contribution < -0.4 is 20.7 Å². The second-order valence-corrected chi connectivity index (χ2v) is 7.99. The van der Waals surface area contributed by atoms with Gasteiger partial charge in [-0.25, -0.2) is 9.37 Å². The predicted molar refractivity (Wildman–Crippen MR) is 132 cm³/mol. The van der Waals surface area contributed by atoms with Crippen molar-refractivity contribution in [3.05, 3.63) is 73.2 Å². The van der Waals surface area contributed by atoms with E-state index in [1.54, 1.807) is 24.3 Å². The summed E-state index contributed by atoms with van der Waals surface area (Å²) in [5.41, 5.74) is 2.14. The first-order valence-corrected chi connectivity index (χ1v) is 11.2. The number of rotatable bonds is 10. The molecule has 1 atom stereocenters. The minimum atomic E-state index is -0.728. The number of anilines is 4. The van der Waals surface area contributed by atoms with Crippen molar-refractivity contribution in [3.63, 3.8) is 0 Å². The Balaban J connectivity index is 1.38. The van der Waals surface area contributed by atoms with Gasteiger partial charge in [0.05, 0.1) is 6.20 Å². The van der Waals surface area contributed by atoms with Gasteiger partial charge in [-0.2, -0.15) is 9.37 Å². The number of amides is 1. The highest BCUT2D eigenvalue weighted by molar-refractivity contribution is 5.98. The van der Waals surface area contributed by atoms with Crippen LogP contribution in [0.2, 0.25) is 0 Å². The average molecular weight is 481 g/mol. The van der Waals surface area contributed by atoms with Crippen molar-refractivity contribution >= 4 is 28.9 Å². The summed E-state index contributed by atoms with van der Waals surface area (Å²) in [4.78, 5) is 21.7. The van der Waals surface area contributed by atoms with Gasteiger partial charge < -0.3 is 20.7 Å². The van der Waals surface area contributed by atoms with Gasteiger partial charge >= 0.3 is 0 Å². The molecule has 0 unspecified atom stereocenters. The minimum Gasteiger partial charge on any atom is -0.436 e. The summed E-state index contributed by atoms with van der Waals surface area (Å²) in [5, 5.41) is 9.11. The molecule has 2 heterocycles. The van der Waals surface area contributed by atoms with Gasteiger partial charge in [0.2, 0.25) is 17.7 Å². The standard InChI is InChI=1S/C25H26F2N6O2/c1-2-23(34)30-19-4-3-5-21(14-19)35-24-22(27)15-28-25(32-24)31-18-8-6-17(7-9-18)29-20-10-12-33(16-20)13-11-26/h2-9,14-15,20,29H,1,10-13,16H2,(H,30,34)(H,28,31,32)/t20-/m0/s1. The van der Waals surface area contributed by atoms with E-state index in [2.05, 4.69) is 37.4 Å². The first-order valence-electron chi connectivity index (χ1n) is 11.2. The van der Waals surface area contributed by atoms with E-state index in [0.717, 1.165) is 37.5 Å². The van der Waals surface area contributed by atoms with E-state index in [-0.39, 0.29) is 30.5 Å². The van der Waals surface area contributed by atoms with Crippen LogP contribution in [0, 0.1) is 5.82 Å². The molecule has 0 aliphatic carbocycles. The van der Waals surface area contributed by atoms with Crippen LogP contribution in [0.3, 0.4) is 0 Å². The molecule has 1 fully saturated rings. The number of alkyl halides is 1. The lowest BCUT2D eigenvalue weighted by molar-refractivity contribution is -0.111. The Bertz CT molecular complexity index is 1170. The molecular formula is C25H26F2N6O2. The summed E-state index contributed by atoms with van der Waals surface area (Å²) >= 11 is 0. The van der Waals surface area contributed by atoms with Gasteiger partial charge in [-0.3, -0.25) is 9.69 Å². The quantitative estimate of drug-likeness (QED) is 0.361. The molecule has 1 amide bonds. The fraction of sp³-hybridized carbons (Fsp3) is 0.240. The first kappa shape index (κ1) is 24.1. The molecule has 8 nitrogen and oxygen atoms in total. The van der Waals surface area contributed by atoms with Crippen molar-refractivity contribution in [1.29, 1.82) is 0 Å². The number of benzene rings is 2. The molecule has 1 aliphatic rings. The highest BCUT2D eigenvalue weighted by Gasteiger charge is 2.21. The molecule has 2 aromatic carbocycles. The van der Waals surface area contributed by atoms with E-state index in [1.807, 2.05) is 24.3 Å². The van der Waals surface area contributed by atoms with Gasteiger partial charge in [0.15, 0.2) is 0 Å². The van der Waals surface area contributed by atoms with Gasteiger partial charge in [-0.1, -0.05) is 12.6 Å². The Morgan fingerprint density at radius 3 is 2.77 bits per heavy atom. The summed E-state index contributed by atoms with van der Waals surface area (Å²) in [7, 11) is 0. The van der Waals surface area contributed by atoms with Gasteiger partial charge in [0.1, 0.15) is 12.4 Å². The lowest BCUT2D eigenvalue weighted by Gasteiger charge is -2.16. The SMILES string of the molecule is C=CC(=O)Nc1cccc(Oc2nc(Nc3ccc(N[C@H]4CCN(CCF)C4)cc3)ncc2F)c1. The van der Waals surface area contributed by atoms with Gasteiger partial charge in [0, 0.05) is 48.8 Å². The van der Waals surface area contributed by atoms with Crippen molar-refractivity contribution in [1.82, 2.24) is 14.9 Å². The third-order valence-corrected chi connectivity index (χ3v) is 5.40. The van der Waals surface area contributed by atoms with Crippen LogP contribution in [0.15, 0.2) is 67.4 Å². The molecule has 1 saturated heterocycles. The second kappa shape index (κ2) is 11.4. The highest BCUT2D eigenvalue weighted by atomic mass is 19.1. The first-order chi connectivity index (χ1) is 17.0. The number of nitrogens with zero attached hydrogens (tertiary/aromatic N) is 3. The molecule has 35 heavy (non-hydrogen) atoms. The van der Waals surface area contributed by atoms with Crippen LogP contribution in [0.1, 0.15) is 6.42 Å². The zero-order valence-corrected chi connectivity index (χ0v) is 19.0. The monoisotopic (exact) mass is 480 g/mol. The fourth-order valence-corrected chi connectivity index (χ4v) is 3.71. The Morgan fingerprint density at radius 1 is 1.20 bits per heavy atom. The van der Waals surface area contributed by atoms with Crippen LogP contribution >= 0.6 is 0 Å². The van der Waals surface area contributed by atoms with Crippen LogP contribution in [-0.2, 0) is 4.79 Å². The minimum absolute atomic E-state index is 0.163. The predicted octanol–water partition coefficient (Wildman–Crippen LogP) is 4.73. The lowest BCUT2D eigenvalue weighted by Crippen LogP contribution is -2.27. The summed E-state index contributed by atoms with van der Waals surface area (Å²) < 4.78 is 32.4. The smallest absolute Gasteiger partial charge is 0.260 e. The Labute approximate surface area is 202 Å². The van der Waals surface area contributed by atoms with E-state index >= 15 is 0 Å². The normalized spacial score (nSPS) is 15.4. The topological polar surface area (TPSA) is 91.4 Å². The van der Waals surface area contributed by atoms with E-state index < -0.39 is 5.82 Å². The number of hydrogen-bond acceptors (Lipinski definition) is 7. The molecule has 10 heteroatoms. The zero-order chi connectivity index (χ0) is 24.6. The van der Waals surface area contributed by atoms with Crippen molar-refractivity contribution in [3.8, 4) is 11.6 Å². The van der Waals surface area contributed by atoms with Gasteiger partial charge in [-0.15, -0.1) is 0 Å². The van der Waals surface area contributed by atoms with Crippen molar-refractivity contribution in [2.24, 2.45) is 0 Å². The highest BCUT2D eigenvalue weighted by Crippen LogP contribution is 2.26. The summed E-state index contributed by atoms with van der Waals surface area (Å²) in [5.74, 6) is -0.898. The number of nitrogens with one attached hydrogen (secondary N) is 3. The second-order valence-electron chi connectivity index (χ2n) is 7.99. The molecule has 3 N–H and O–H groups in total. The maximum atomic E-state index is 14.3. The third kappa shape index (κ3) is 6.73. The molecule has 4 rings (SSSR count). The van der Waals surface area contributed by atoms with Crippen LogP contribution in [0.4, 0.5) is 31.8 Å². The Hall–Kier alpha value is -4.05. The molecule has 182 valence electrons. The molecule has 3 aromatic rings. The maximum Gasteiger partial charge on any atom is 0.260 e. The third-order valence-electron chi connectivity index (χ3n) is 5.40. The van der Waals surface area contributed by atoms with Gasteiger partial charge in [-0.05, 0) is 48.9 Å². The molecule has 0 spiro atoms. The van der Waals surface area contributed by atoms with Gasteiger partial charge in [0.25, 0.3) is 5.88 Å². The van der Waals surface area contributed by atoms with E-state index in [9.17, 15) is 13.6 Å². The number of hydrogen-bond donors (Lipinski definition) is 3. The average Bonchev–Trinajstić information content (AvgIpc) is 3.29. The number of carbonyl (C=O) groups excluding carboxylic acids is 1. The van der Waals surface area contributed by atoms with E-state index in [0.29, 0.717) is 23.7 Å². The Morgan fingerprint density at radius 2 is 2.00 bits per heavy atom. The molecular weight excluding hydrogens is 454 g/mol.